The summed E-state index contributed by atoms with van der Waals surface area (Å²) in [7, 11) is 0. The number of aromatic nitrogens is 1. The molecule has 0 aliphatic heterocycles. The molecule has 0 unspecified atom stereocenters. The van der Waals surface area contributed by atoms with Crippen molar-refractivity contribution in [3.05, 3.63) is 30.0 Å². The summed E-state index contributed by atoms with van der Waals surface area (Å²) in [5, 5.41) is 0.445. The van der Waals surface area contributed by atoms with E-state index in [0.29, 0.717) is 23.3 Å². The number of ether oxygens (including phenoxy) is 1. The summed E-state index contributed by atoms with van der Waals surface area (Å²) in [6, 6.07) is 4.93. The van der Waals surface area contributed by atoms with Crippen molar-refractivity contribution in [1.82, 2.24) is 4.98 Å². The molecule has 1 aromatic carbocycles. The number of nitrogens with one attached hydrogen (secondary N) is 1. The largest absolute Gasteiger partial charge is 0.494 e. The second-order valence-electron chi connectivity index (χ2n) is 4.06. The molecular formula is C13H12F3NO2. The van der Waals surface area contributed by atoms with Crippen molar-refractivity contribution < 1.29 is 22.7 Å². The molecule has 0 saturated carbocycles. The number of H-pyrrole nitrogens is 1. The van der Waals surface area contributed by atoms with Crippen LogP contribution in [0.3, 0.4) is 0 Å². The topological polar surface area (TPSA) is 42.1 Å². The molecule has 3 nitrogen and oxygen atoms in total. The summed E-state index contributed by atoms with van der Waals surface area (Å²) in [5.74, 6) is -0.428. The highest BCUT2D eigenvalue weighted by molar-refractivity contribution is 6.08. The number of fused-ring (bicyclic) bond motifs is 1. The zero-order chi connectivity index (χ0) is 14.0. The van der Waals surface area contributed by atoms with Crippen LogP contribution in [0, 0.1) is 0 Å². The number of benzene rings is 1. The molecule has 0 fully saturated rings. The molecule has 0 saturated heterocycles. The minimum atomic E-state index is -4.50. The summed E-state index contributed by atoms with van der Waals surface area (Å²) in [5.41, 5.74) is 0.642. The minimum absolute atomic E-state index is 0.0360. The Hall–Kier alpha value is -1.98. The fourth-order valence-corrected chi connectivity index (χ4v) is 1.86. The lowest BCUT2D eigenvalue weighted by molar-refractivity contribution is -0.125. The van der Waals surface area contributed by atoms with Gasteiger partial charge in [-0.2, -0.15) is 13.2 Å². The maximum absolute atomic E-state index is 12.2. The third-order valence-corrected chi connectivity index (χ3v) is 2.63. The van der Waals surface area contributed by atoms with E-state index in [1.54, 1.807) is 25.1 Å². The van der Waals surface area contributed by atoms with Gasteiger partial charge in [0.25, 0.3) is 0 Å². The van der Waals surface area contributed by atoms with E-state index in [1.165, 1.54) is 6.20 Å². The van der Waals surface area contributed by atoms with E-state index in [1.807, 2.05) is 0 Å². The van der Waals surface area contributed by atoms with Gasteiger partial charge in [-0.3, -0.25) is 4.79 Å². The molecule has 0 bridgehead atoms. The van der Waals surface area contributed by atoms with Crippen molar-refractivity contribution in [2.45, 2.75) is 19.5 Å². The molecule has 19 heavy (non-hydrogen) atoms. The highest BCUT2D eigenvalue weighted by atomic mass is 19.4. The van der Waals surface area contributed by atoms with E-state index in [0.717, 1.165) is 0 Å². The van der Waals surface area contributed by atoms with E-state index >= 15 is 0 Å². The second kappa shape index (κ2) is 4.95. The highest BCUT2D eigenvalue weighted by Gasteiger charge is 2.32. The maximum Gasteiger partial charge on any atom is 0.396 e. The van der Waals surface area contributed by atoms with E-state index in [4.69, 9.17) is 4.74 Å². The van der Waals surface area contributed by atoms with Gasteiger partial charge in [0.15, 0.2) is 5.78 Å². The molecule has 0 atom stereocenters. The number of carbonyl (C=O) groups is 1. The molecule has 0 amide bonds. The van der Waals surface area contributed by atoms with Gasteiger partial charge in [0.2, 0.25) is 0 Å². The van der Waals surface area contributed by atoms with Crippen LogP contribution in [0.2, 0.25) is 0 Å². The minimum Gasteiger partial charge on any atom is -0.494 e. The normalized spacial score (nSPS) is 11.8. The Kier molecular flexibility index (Phi) is 3.50. The number of ketones is 1. The molecule has 1 heterocycles. The summed E-state index contributed by atoms with van der Waals surface area (Å²) in [6.07, 6.45) is -4.66. The third-order valence-electron chi connectivity index (χ3n) is 2.63. The predicted octanol–water partition coefficient (Wildman–Crippen LogP) is 3.70. The Morgan fingerprint density at radius 2 is 2.11 bits per heavy atom. The zero-order valence-corrected chi connectivity index (χ0v) is 10.2. The lowest BCUT2D eigenvalue weighted by atomic mass is 10.1. The Balaban J connectivity index is 2.38. The Morgan fingerprint density at radius 3 is 2.74 bits per heavy atom. The van der Waals surface area contributed by atoms with Crippen molar-refractivity contribution in [2.75, 3.05) is 6.61 Å². The molecule has 0 radical (unpaired) electrons. The van der Waals surface area contributed by atoms with Gasteiger partial charge >= 0.3 is 6.18 Å². The van der Waals surface area contributed by atoms with Crippen molar-refractivity contribution in [1.29, 1.82) is 0 Å². The van der Waals surface area contributed by atoms with Gasteiger partial charge in [-0.15, -0.1) is 0 Å². The molecule has 0 aliphatic rings. The number of rotatable bonds is 4. The number of carbonyl (C=O) groups excluding carboxylic acids is 1. The zero-order valence-electron chi connectivity index (χ0n) is 10.2. The first-order valence-corrected chi connectivity index (χ1v) is 5.74. The van der Waals surface area contributed by atoms with Crippen LogP contribution in [0.15, 0.2) is 24.4 Å². The molecule has 1 N–H and O–H groups in total. The Morgan fingerprint density at radius 1 is 1.37 bits per heavy atom. The smallest absolute Gasteiger partial charge is 0.396 e. The van der Waals surface area contributed by atoms with Gasteiger partial charge in [-0.1, -0.05) is 0 Å². The van der Waals surface area contributed by atoms with Crippen LogP contribution < -0.4 is 4.74 Å². The Bertz CT molecular complexity index is 601. The van der Waals surface area contributed by atoms with E-state index in [2.05, 4.69) is 4.98 Å². The lowest BCUT2D eigenvalue weighted by Crippen LogP contribution is -2.14. The van der Waals surface area contributed by atoms with Crippen LogP contribution in [-0.4, -0.2) is 23.6 Å². The quantitative estimate of drug-likeness (QED) is 0.861. The van der Waals surface area contributed by atoms with Crippen molar-refractivity contribution in [3.8, 4) is 5.75 Å². The molecule has 6 heteroatoms. The van der Waals surface area contributed by atoms with E-state index in [-0.39, 0.29) is 5.56 Å². The van der Waals surface area contributed by atoms with Crippen molar-refractivity contribution in [3.63, 3.8) is 0 Å². The van der Waals surface area contributed by atoms with Crippen LogP contribution in [-0.2, 0) is 0 Å². The van der Waals surface area contributed by atoms with E-state index < -0.39 is 18.4 Å². The second-order valence-corrected chi connectivity index (χ2v) is 4.06. The van der Waals surface area contributed by atoms with Crippen LogP contribution in [0.4, 0.5) is 13.2 Å². The monoisotopic (exact) mass is 271 g/mol. The van der Waals surface area contributed by atoms with E-state index in [9.17, 15) is 18.0 Å². The van der Waals surface area contributed by atoms with Gasteiger partial charge in [0.05, 0.1) is 6.61 Å². The predicted molar refractivity (Wildman–Crippen MR) is 64.5 cm³/mol. The van der Waals surface area contributed by atoms with Crippen LogP contribution in [0.25, 0.3) is 10.9 Å². The van der Waals surface area contributed by atoms with Gasteiger partial charge < -0.3 is 9.72 Å². The summed E-state index contributed by atoms with van der Waals surface area (Å²) in [4.78, 5) is 14.4. The van der Waals surface area contributed by atoms with Crippen molar-refractivity contribution >= 4 is 16.7 Å². The average Bonchev–Trinajstić information content (AvgIpc) is 2.70. The summed E-state index contributed by atoms with van der Waals surface area (Å²) >= 11 is 0. The fourth-order valence-electron chi connectivity index (χ4n) is 1.86. The third kappa shape index (κ3) is 3.07. The van der Waals surface area contributed by atoms with Gasteiger partial charge in [0, 0.05) is 22.7 Å². The summed E-state index contributed by atoms with van der Waals surface area (Å²) < 4.78 is 42.0. The van der Waals surface area contributed by atoms with Gasteiger partial charge in [-0.25, -0.2) is 0 Å². The number of Topliss-reactive ketones (excluding diaryl/α,β-unsaturated/α-hetero) is 1. The van der Waals surface area contributed by atoms with Gasteiger partial charge in [0.1, 0.15) is 12.2 Å². The summed E-state index contributed by atoms with van der Waals surface area (Å²) in [6.45, 7) is 2.25. The molecule has 2 aromatic rings. The highest BCUT2D eigenvalue weighted by Crippen LogP contribution is 2.28. The van der Waals surface area contributed by atoms with Crippen molar-refractivity contribution in [2.24, 2.45) is 0 Å². The molecule has 0 aliphatic carbocycles. The fraction of sp³-hybridized carbons (Fsp3) is 0.308. The standard InChI is InChI=1S/C13H12F3NO2/c1-2-19-8-3-4-11-9(5-8)10(7-17-11)12(18)6-13(14,15)16/h3-5,7,17H,2,6H2,1H3. The van der Waals surface area contributed by atoms with Crippen LogP contribution >= 0.6 is 0 Å². The lowest BCUT2D eigenvalue weighted by Gasteiger charge is -2.05. The van der Waals surface area contributed by atoms with Gasteiger partial charge in [-0.05, 0) is 25.1 Å². The molecular weight excluding hydrogens is 259 g/mol. The number of hydrogen-bond donors (Lipinski definition) is 1. The molecule has 0 spiro atoms. The number of alkyl halides is 3. The van der Waals surface area contributed by atoms with Crippen LogP contribution in [0.5, 0.6) is 5.75 Å². The first kappa shape index (κ1) is 13.5. The first-order valence-electron chi connectivity index (χ1n) is 5.74. The first-order chi connectivity index (χ1) is 8.90. The SMILES string of the molecule is CCOc1ccc2[nH]cc(C(=O)CC(F)(F)F)c2c1. The maximum atomic E-state index is 12.2. The van der Waals surface area contributed by atoms with Crippen LogP contribution in [0.1, 0.15) is 23.7 Å². The molecule has 1 aromatic heterocycles. The number of halogens is 3. The molecule has 2 rings (SSSR count). The molecule has 102 valence electrons. The number of hydrogen-bond acceptors (Lipinski definition) is 2. The number of aromatic amines is 1. The Labute approximate surface area is 107 Å². The average molecular weight is 271 g/mol.